The zero-order valence-electron chi connectivity index (χ0n) is 17.2. The van der Waals surface area contributed by atoms with Gasteiger partial charge in [-0.2, -0.15) is 4.98 Å². The number of nitrogens with two attached hydrogens (primary N) is 1. The molecule has 0 aliphatic heterocycles. The zero-order valence-corrected chi connectivity index (χ0v) is 17.2. The van der Waals surface area contributed by atoms with Crippen LogP contribution < -0.4 is 11.1 Å². The summed E-state index contributed by atoms with van der Waals surface area (Å²) in [6.45, 7) is 4.81. The topological polar surface area (TPSA) is 80.6 Å². The summed E-state index contributed by atoms with van der Waals surface area (Å²) in [5.41, 5.74) is 8.89. The predicted molar refractivity (Wildman–Crippen MR) is 114 cm³/mol. The summed E-state index contributed by atoms with van der Waals surface area (Å²) < 4.78 is 42.4. The van der Waals surface area contributed by atoms with Crippen LogP contribution in [-0.4, -0.2) is 32.9 Å². The SMILES string of the molecule is CCN=C1C(=CN)CC(Nc2nc3c(-c4cc(F)c(F)c(F)c4)cccn3n2)CC1C. The normalized spacial score (nSPS) is 21.8. The summed E-state index contributed by atoms with van der Waals surface area (Å²) >= 11 is 0. The van der Waals surface area contributed by atoms with Crippen molar-refractivity contribution >= 4 is 17.3 Å². The largest absolute Gasteiger partial charge is 0.404 e. The van der Waals surface area contributed by atoms with E-state index in [0.717, 1.165) is 29.8 Å². The molecule has 1 aliphatic carbocycles. The first-order chi connectivity index (χ1) is 14.9. The molecule has 6 nitrogen and oxygen atoms in total. The Labute approximate surface area is 177 Å². The molecule has 1 aliphatic rings. The molecule has 0 saturated heterocycles. The van der Waals surface area contributed by atoms with E-state index in [1.165, 1.54) is 4.52 Å². The van der Waals surface area contributed by atoms with Crippen molar-refractivity contribution in [1.29, 1.82) is 0 Å². The Kier molecular flexibility index (Phi) is 5.67. The van der Waals surface area contributed by atoms with Crippen molar-refractivity contribution in [2.24, 2.45) is 16.6 Å². The van der Waals surface area contributed by atoms with Gasteiger partial charge in [-0.1, -0.05) is 6.92 Å². The highest BCUT2D eigenvalue weighted by Crippen LogP contribution is 2.30. The number of halogens is 3. The number of hydrogen-bond acceptors (Lipinski definition) is 5. The van der Waals surface area contributed by atoms with E-state index in [0.29, 0.717) is 30.1 Å². The molecule has 3 N–H and O–H groups in total. The second-order valence-electron chi connectivity index (χ2n) is 7.61. The van der Waals surface area contributed by atoms with Crippen molar-refractivity contribution in [1.82, 2.24) is 14.6 Å². The van der Waals surface area contributed by atoms with E-state index in [-0.39, 0.29) is 17.5 Å². The van der Waals surface area contributed by atoms with Crippen molar-refractivity contribution in [3.05, 3.63) is 59.7 Å². The highest BCUT2D eigenvalue weighted by Gasteiger charge is 2.28. The first-order valence-corrected chi connectivity index (χ1v) is 10.1. The Balaban J connectivity index is 1.64. The first kappa shape index (κ1) is 20.9. The first-order valence-electron chi connectivity index (χ1n) is 10.1. The van der Waals surface area contributed by atoms with Gasteiger partial charge >= 0.3 is 0 Å². The van der Waals surface area contributed by atoms with Crippen LogP contribution in [0.25, 0.3) is 16.8 Å². The van der Waals surface area contributed by atoms with Crippen molar-refractivity contribution in [2.45, 2.75) is 32.7 Å². The Morgan fingerprint density at radius 2 is 2.03 bits per heavy atom. The van der Waals surface area contributed by atoms with Crippen molar-refractivity contribution < 1.29 is 13.2 Å². The Hall–Kier alpha value is -3.36. The van der Waals surface area contributed by atoms with Crippen LogP contribution in [-0.2, 0) is 0 Å². The third-order valence-corrected chi connectivity index (χ3v) is 5.42. The third kappa shape index (κ3) is 3.99. The monoisotopic (exact) mass is 428 g/mol. The number of rotatable bonds is 4. The number of anilines is 1. The van der Waals surface area contributed by atoms with Gasteiger partial charge in [-0.3, -0.25) is 4.99 Å². The Morgan fingerprint density at radius 3 is 2.71 bits per heavy atom. The number of nitrogens with one attached hydrogen (secondary N) is 1. The fourth-order valence-corrected chi connectivity index (χ4v) is 4.09. The molecule has 2 atom stereocenters. The Morgan fingerprint density at radius 1 is 1.29 bits per heavy atom. The van der Waals surface area contributed by atoms with Crippen LogP contribution in [0.5, 0.6) is 0 Å². The molecule has 31 heavy (non-hydrogen) atoms. The highest BCUT2D eigenvalue weighted by molar-refractivity contribution is 6.02. The lowest BCUT2D eigenvalue weighted by Crippen LogP contribution is -2.34. The van der Waals surface area contributed by atoms with Gasteiger partial charge in [0.1, 0.15) is 0 Å². The zero-order chi connectivity index (χ0) is 22.1. The molecule has 2 unspecified atom stereocenters. The van der Waals surface area contributed by atoms with Gasteiger partial charge in [0.05, 0.1) is 0 Å². The molecule has 3 aromatic rings. The van der Waals surface area contributed by atoms with E-state index < -0.39 is 17.5 Å². The maximum Gasteiger partial charge on any atom is 0.243 e. The molecule has 0 spiro atoms. The van der Waals surface area contributed by atoms with Crippen molar-refractivity contribution in [2.75, 3.05) is 11.9 Å². The Bertz CT molecular complexity index is 1160. The van der Waals surface area contributed by atoms with Crippen molar-refractivity contribution in [3.8, 4) is 11.1 Å². The van der Waals surface area contributed by atoms with E-state index in [1.807, 2.05) is 6.92 Å². The number of fused-ring (bicyclic) bond motifs is 1. The second-order valence-corrected chi connectivity index (χ2v) is 7.61. The molecule has 0 bridgehead atoms. The predicted octanol–water partition coefficient (Wildman–Crippen LogP) is 4.33. The van der Waals surface area contributed by atoms with Gasteiger partial charge in [0, 0.05) is 36.0 Å². The van der Waals surface area contributed by atoms with Crippen LogP contribution in [0.1, 0.15) is 26.7 Å². The number of aliphatic imine (C=N–C) groups is 1. The van der Waals surface area contributed by atoms with E-state index >= 15 is 0 Å². The van der Waals surface area contributed by atoms with Crippen LogP contribution in [0, 0.1) is 23.4 Å². The van der Waals surface area contributed by atoms with Gasteiger partial charge in [-0.25, -0.2) is 17.7 Å². The van der Waals surface area contributed by atoms with Crippen LogP contribution >= 0.6 is 0 Å². The van der Waals surface area contributed by atoms with E-state index in [4.69, 9.17) is 5.73 Å². The van der Waals surface area contributed by atoms with E-state index in [9.17, 15) is 13.2 Å². The smallest absolute Gasteiger partial charge is 0.243 e. The van der Waals surface area contributed by atoms with Gasteiger partial charge in [0.25, 0.3) is 0 Å². The number of pyridine rings is 1. The average molecular weight is 428 g/mol. The molecular weight excluding hydrogens is 405 g/mol. The molecule has 1 fully saturated rings. The molecular formula is C22H23F3N6. The lowest BCUT2D eigenvalue weighted by molar-refractivity contribution is 0.448. The minimum Gasteiger partial charge on any atom is -0.404 e. The van der Waals surface area contributed by atoms with Crippen LogP contribution in [0.2, 0.25) is 0 Å². The maximum absolute atomic E-state index is 13.7. The van der Waals surface area contributed by atoms with Crippen LogP contribution in [0.3, 0.4) is 0 Å². The summed E-state index contributed by atoms with van der Waals surface area (Å²) in [5.74, 6) is -3.38. The molecule has 0 radical (unpaired) electrons. The standard InChI is InChI=1S/C22H23F3N6/c1-3-27-20-12(2)7-15(8-14(20)11-26)28-22-29-21-16(5-4-6-31(21)30-22)13-9-17(23)19(25)18(24)10-13/h4-6,9-12,15H,3,7-8,26H2,1-2H3,(H,28,30). The fraction of sp³-hybridized carbons (Fsp3) is 0.318. The highest BCUT2D eigenvalue weighted by atomic mass is 19.2. The van der Waals surface area contributed by atoms with Gasteiger partial charge < -0.3 is 11.1 Å². The summed E-state index contributed by atoms with van der Waals surface area (Å²) in [4.78, 5) is 9.09. The fourth-order valence-electron chi connectivity index (χ4n) is 4.09. The number of benzene rings is 1. The lowest BCUT2D eigenvalue weighted by Gasteiger charge is -2.30. The van der Waals surface area contributed by atoms with Gasteiger partial charge in [-0.05, 0) is 61.4 Å². The van der Waals surface area contributed by atoms with Crippen molar-refractivity contribution in [3.63, 3.8) is 0 Å². The number of hydrogen-bond donors (Lipinski definition) is 2. The van der Waals surface area contributed by atoms with Crippen LogP contribution in [0.4, 0.5) is 19.1 Å². The lowest BCUT2D eigenvalue weighted by atomic mass is 9.81. The molecule has 162 valence electrons. The molecule has 2 heterocycles. The average Bonchev–Trinajstić information content (AvgIpc) is 3.15. The van der Waals surface area contributed by atoms with Gasteiger partial charge in [-0.15, -0.1) is 5.10 Å². The molecule has 0 amide bonds. The van der Waals surface area contributed by atoms with Crippen LogP contribution in [0.15, 0.2) is 47.2 Å². The van der Waals surface area contributed by atoms with Gasteiger partial charge in [0.15, 0.2) is 23.1 Å². The molecule has 1 aromatic carbocycles. The molecule has 9 heteroatoms. The maximum atomic E-state index is 13.7. The minimum atomic E-state index is -1.50. The molecule has 4 rings (SSSR count). The van der Waals surface area contributed by atoms with E-state index in [2.05, 4.69) is 27.3 Å². The number of nitrogens with zero attached hydrogens (tertiary/aromatic N) is 4. The summed E-state index contributed by atoms with van der Waals surface area (Å²) in [6.07, 6.45) is 4.82. The van der Waals surface area contributed by atoms with Gasteiger partial charge in [0.2, 0.25) is 5.95 Å². The number of aromatic nitrogens is 3. The summed E-state index contributed by atoms with van der Waals surface area (Å²) in [5, 5.41) is 7.77. The summed E-state index contributed by atoms with van der Waals surface area (Å²) in [6, 6.07) is 5.30. The second kappa shape index (κ2) is 8.41. The quantitative estimate of drug-likeness (QED) is 0.607. The minimum absolute atomic E-state index is 0.0576. The molecule has 2 aromatic heterocycles. The summed E-state index contributed by atoms with van der Waals surface area (Å²) in [7, 11) is 0. The molecule has 1 saturated carbocycles. The van der Waals surface area contributed by atoms with E-state index in [1.54, 1.807) is 24.5 Å². The third-order valence-electron chi connectivity index (χ3n) is 5.42.